The van der Waals surface area contributed by atoms with Gasteiger partial charge in [0.1, 0.15) is 11.4 Å². The minimum atomic E-state index is -1.12. The molecule has 0 bridgehead atoms. The highest BCUT2D eigenvalue weighted by molar-refractivity contribution is 5.94. The molecule has 2 N–H and O–H groups in total. The summed E-state index contributed by atoms with van der Waals surface area (Å²) in [5.74, 6) is -1.31. The third kappa shape index (κ3) is 3.14. The lowest BCUT2D eigenvalue weighted by atomic mass is 10.0. The lowest BCUT2D eigenvalue weighted by molar-refractivity contribution is 0.0649. The van der Waals surface area contributed by atoms with E-state index in [1.165, 1.54) is 6.07 Å². The van der Waals surface area contributed by atoms with Gasteiger partial charge in [0.15, 0.2) is 0 Å². The third-order valence-corrected chi connectivity index (χ3v) is 3.54. The Bertz CT molecular complexity index is 498. The molecule has 0 aromatic carbocycles. The van der Waals surface area contributed by atoms with Crippen LogP contribution in [-0.2, 0) is 0 Å². The topological polar surface area (TPSA) is 82.5 Å². The molecule has 1 amide bonds. The summed E-state index contributed by atoms with van der Waals surface area (Å²) in [6.45, 7) is 4.33. The van der Waals surface area contributed by atoms with E-state index in [0.29, 0.717) is 6.54 Å². The highest BCUT2D eigenvalue weighted by atomic mass is 16.4. The van der Waals surface area contributed by atoms with E-state index in [4.69, 9.17) is 5.11 Å². The van der Waals surface area contributed by atoms with Crippen LogP contribution in [0.2, 0.25) is 0 Å². The van der Waals surface area contributed by atoms with Crippen LogP contribution in [-0.4, -0.2) is 52.5 Å². The van der Waals surface area contributed by atoms with Crippen molar-refractivity contribution in [2.45, 2.75) is 25.8 Å². The Hall–Kier alpha value is -1.95. The Morgan fingerprint density at radius 1 is 1.35 bits per heavy atom. The third-order valence-electron chi connectivity index (χ3n) is 3.54. The molecule has 1 aromatic rings. The van der Waals surface area contributed by atoms with Gasteiger partial charge in [0, 0.05) is 12.6 Å². The van der Waals surface area contributed by atoms with Crippen LogP contribution in [0.25, 0.3) is 0 Å². The number of amides is 1. The predicted octanol–water partition coefficient (Wildman–Crippen LogP) is 0.994. The van der Waals surface area contributed by atoms with Gasteiger partial charge in [0.2, 0.25) is 0 Å². The Morgan fingerprint density at radius 2 is 2.00 bits per heavy atom. The van der Waals surface area contributed by atoms with Crippen molar-refractivity contribution in [2.75, 3.05) is 19.6 Å². The van der Waals surface area contributed by atoms with Crippen molar-refractivity contribution in [1.82, 2.24) is 15.2 Å². The highest BCUT2D eigenvalue weighted by Gasteiger charge is 2.26. The van der Waals surface area contributed by atoms with E-state index in [-0.39, 0.29) is 23.3 Å². The Kier molecular flexibility index (Phi) is 4.68. The summed E-state index contributed by atoms with van der Waals surface area (Å²) in [4.78, 5) is 29.1. The molecule has 0 unspecified atom stereocenters. The van der Waals surface area contributed by atoms with Gasteiger partial charge in [0.25, 0.3) is 5.91 Å². The first-order chi connectivity index (χ1) is 9.63. The molecule has 0 spiro atoms. The van der Waals surface area contributed by atoms with Crippen molar-refractivity contribution in [3.05, 3.63) is 29.6 Å². The van der Waals surface area contributed by atoms with Crippen molar-refractivity contribution in [3.8, 4) is 0 Å². The normalized spacial score (nSPS) is 15.8. The summed E-state index contributed by atoms with van der Waals surface area (Å²) >= 11 is 0. The zero-order valence-corrected chi connectivity index (χ0v) is 11.5. The molecular formula is C14H19N3O3. The molecule has 2 heterocycles. The van der Waals surface area contributed by atoms with Gasteiger partial charge in [-0.1, -0.05) is 6.07 Å². The van der Waals surface area contributed by atoms with Crippen LogP contribution in [0.4, 0.5) is 0 Å². The number of aromatic carboxylic acids is 1. The number of rotatable bonds is 4. The summed E-state index contributed by atoms with van der Waals surface area (Å²) in [7, 11) is 0. The maximum atomic E-state index is 12.5. The summed E-state index contributed by atoms with van der Waals surface area (Å²) in [6, 6.07) is 4.71. The van der Waals surface area contributed by atoms with E-state index in [1.807, 2.05) is 6.92 Å². The first kappa shape index (κ1) is 14.5. The Labute approximate surface area is 117 Å². The van der Waals surface area contributed by atoms with E-state index >= 15 is 0 Å². The molecule has 2 rings (SSSR count). The second-order valence-corrected chi connectivity index (χ2v) is 4.79. The van der Waals surface area contributed by atoms with E-state index in [9.17, 15) is 9.59 Å². The number of carbonyl (C=O) groups excluding carboxylic acids is 1. The second kappa shape index (κ2) is 6.47. The molecule has 0 radical (unpaired) electrons. The monoisotopic (exact) mass is 277 g/mol. The molecule has 20 heavy (non-hydrogen) atoms. The number of aromatic nitrogens is 1. The average Bonchev–Trinajstić information content (AvgIpc) is 2.49. The summed E-state index contributed by atoms with van der Waals surface area (Å²) < 4.78 is 0. The zero-order valence-electron chi connectivity index (χ0n) is 11.5. The molecule has 1 aromatic heterocycles. The minimum absolute atomic E-state index is 0.0998. The largest absolute Gasteiger partial charge is 0.477 e. The number of nitrogens with zero attached hydrogens (tertiary/aromatic N) is 2. The Balaban J connectivity index is 2.19. The van der Waals surface area contributed by atoms with E-state index < -0.39 is 5.97 Å². The van der Waals surface area contributed by atoms with Gasteiger partial charge in [-0.25, -0.2) is 9.78 Å². The van der Waals surface area contributed by atoms with Gasteiger partial charge in [-0.2, -0.15) is 0 Å². The molecular weight excluding hydrogens is 258 g/mol. The van der Waals surface area contributed by atoms with E-state index in [1.54, 1.807) is 17.0 Å². The van der Waals surface area contributed by atoms with Gasteiger partial charge in [-0.3, -0.25) is 4.79 Å². The maximum Gasteiger partial charge on any atom is 0.354 e. The van der Waals surface area contributed by atoms with Gasteiger partial charge in [-0.05, 0) is 45.0 Å². The molecule has 1 saturated heterocycles. The number of carboxylic acid groups (broad SMARTS) is 1. The number of hydrogen-bond donors (Lipinski definition) is 2. The molecule has 0 atom stereocenters. The van der Waals surface area contributed by atoms with Crippen molar-refractivity contribution >= 4 is 11.9 Å². The highest BCUT2D eigenvalue weighted by Crippen LogP contribution is 2.15. The van der Waals surface area contributed by atoms with E-state index in [2.05, 4.69) is 10.3 Å². The first-order valence-electron chi connectivity index (χ1n) is 6.85. The molecule has 1 fully saturated rings. The van der Waals surface area contributed by atoms with Crippen molar-refractivity contribution in [3.63, 3.8) is 0 Å². The molecule has 1 aliphatic rings. The molecule has 108 valence electrons. The van der Waals surface area contributed by atoms with Crippen LogP contribution in [0.5, 0.6) is 0 Å². The van der Waals surface area contributed by atoms with Crippen LogP contribution >= 0.6 is 0 Å². The summed E-state index contributed by atoms with van der Waals surface area (Å²) in [5, 5.41) is 12.2. The van der Waals surface area contributed by atoms with Gasteiger partial charge >= 0.3 is 5.97 Å². The fourth-order valence-electron chi connectivity index (χ4n) is 2.51. The first-order valence-corrected chi connectivity index (χ1v) is 6.85. The Morgan fingerprint density at radius 3 is 2.60 bits per heavy atom. The SMILES string of the molecule is CCN(C(=O)c1cccc(C(=O)O)n1)C1CCNCC1. The number of carbonyl (C=O) groups is 2. The fourth-order valence-corrected chi connectivity index (χ4v) is 2.51. The standard InChI is InChI=1S/C14H19N3O3/c1-2-17(10-6-8-15-9-7-10)13(18)11-4-3-5-12(16-11)14(19)20/h3-5,10,15H,2,6-9H2,1H3,(H,19,20). The van der Waals surface area contributed by atoms with Crippen LogP contribution < -0.4 is 5.32 Å². The molecule has 0 aliphatic carbocycles. The smallest absolute Gasteiger partial charge is 0.354 e. The summed E-state index contributed by atoms with van der Waals surface area (Å²) in [6.07, 6.45) is 1.83. The minimum Gasteiger partial charge on any atom is -0.477 e. The number of piperidine rings is 1. The van der Waals surface area contributed by atoms with Gasteiger partial charge < -0.3 is 15.3 Å². The zero-order chi connectivity index (χ0) is 14.5. The van der Waals surface area contributed by atoms with Gasteiger partial charge in [0.05, 0.1) is 0 Å². The lowest BCUT2D eigenvalue weighted by Gasteiger charge is -2.33. The van der Waals surface area contributed by atoms with Crippen LogP contribution in [0.15, 0.2) is 18.2 Å². The number of pyridine rings is 1. The van der Waals surface area contributed by atoms with Crippen molar-refractivity contribution < 1.29 is 14.7 Å². The maximum absolute atomic E-state index is 12.5. The number of hydrogen-bond acceptors (Lipinski definition) is 4. The van der Waals surface area contributed by atoms with Crippen LogP contribution in [0, 0.1) is 0 Å². The molecule has 6 heteroatoms. The fraction of sp³-hybridized carbons (Fsp3) is 0.500. The van der Waals surface area contributed by atoms with Crippen molar-refractivity contribution in [1.29, 1.82) is 0 Å². The van der Waals surface area contributed by atoms with Crippen LogP contribution in [0.1, 0.15) is 40.7 Å². The predicted molar refractivity (Wildman–Crippen MR) is 73.8 cm³/mol. The van der Waals surface area contributed by atoms with Gasteiger partial charge in [-0.15, -0.1) is 0 Å². The molecule has 0 saturated carbocycles. The summed E-state index contributed by atoms with van der Waals surface area (Å²) in [5.41, 5.74) is 0.0995. The van der Waals surface area contributed by atoms with Crippen molar-refractivity contribution in [2.24, 2.45) is 0 Å². The van der Waals surface area contributed by atoms with E-state index in [0.717, 1.165) is 25.9 Å². The lowest BCUT2D eigenvalue weighted by Crippen LogP contribution is -2.46. The number of carboxylic acids is 1. The second-order valence-electron chi connectivity index (χ2n) is 4.79. The molecule has 6 nitrogen and oxygen atoms in total. The molecule has 1 aliphatic heterocycles. The average molecular weight is 277 g/mol. The quantitative estimate of drug-likeness (QED) is 0.857. The number of nitrogens with one attached hydrogen (secondary N) is 1. The van der Waals surface area contributed by atoms with Crippen LogP contribution in [0.3, 0.4) is 0 Å².